The number of pyridine rings is 1. The van der Waals surface area contributed by atoms with Crippen LogP contribution >= 0.6 is 11.6 Å². The normalized spacial score (nSPS) is 10.7. The van der Waals surface area contributed by atoms with Crippen LogP contribution in [0.1, 0.15) is 15.9 Å². The van der Waals surface area contributed by atoms with Gasteiger partial charge in [0.25, 0.3) is 0 Å². The predicted octanol–water partition coefficient (Wildman–Crippen LogP) is 3.74. The second kappa shape index (κ2) is 4.98. The molecule has 0 radical (unpaired) electrons. The van der Waals surface area contributed by atoms with Gasteiger partial charge in [0.1, 0.15) is 0 Å². The molecule has 0 fully saturated rings. The molecule has 0 spiro atoms. The Morgan fingerprint density at radius 2 is 2.15 bits per heavy atom. The van der Waals surface area contributed by atoms with Crippen molar-refractivity contribution in [1.82, 2.24) is 9.97 Å². The summed E-state index contributed by atoms with van der Waals surface area (Å²) in [6.07, 6.45) is 4.78. The van der Waals surface area contributed by atoms with Gasteiger partial charge in [-0.1, -0.05) is 17.7 Å². The van der Waals surface area contributed by atoms with E-state index in [9.17, 15) is 4.79 Å². The molecule has 0 unspecified atom stereocenters. The summed E-state index contributed by atoms with van der Waals surface area (Å²) >= 11 is 5.96. The fourth-order valence-electron chi connectivity index (χ4n) is 2.00. The number of aromatic nitrogens is 2. The molecule has 4 nitrogen and oxygen atoms in total. The van der Waals surface area contributed by atoms with E-state index < -0.39 is 5.97 Å². The lowest BCUT2D eigenvalue weighted by Crippen LogP contribution is -2.10. The van der Waals surface area contributed by atoms with Crippen molar-refractivity contribution in [2.24, 2.45) is 0 Å². The minimum atomic E-state index is -0.428. The molecule has 1 N–H and O–H groups in total. The van der Waals surface area contributed by atoms with Gasteiger partial charge in [-0.05, 0) is 25.1 Å². The highest BCUT2D eigenvalue weighted by Crippen LogP contribution is 2.25. The number of nitrogens with one attached hydrogen (secondary N) is 1. The van der Waals surface area contributed by atoms with Crippen molar-refractivity contribution in [3.63, 3.8) is 0 Å². The number of rotatable bonds is 2. The van der Waals surface area contributed by atoms with Crippen molar-refractivity contribution >= 4 is 28.5 Å². The molecule has 2 aromatic heterocycles. The van der Waals surface area contributed by atoms with Crippen LogP contribution in [0.2, 0.25) is 5.02 Å². The average molecular weight is 287 g/mol. The van der Waals surface area contributed by atoms with Crippen LogP contribution in [0.3, 0.4) is 0 Å². The maximum Gasteiger partial charge on any atom is 0.344 e. The molecule has 1 aromatic carbocycles. The van der Waals surface area contributed by atoms with Gasteiger partial charge in [-0.3, -0.25) is 4.98 Å². The topological polar surface area (TPSA) is 55.0 Å². The molecule has 3 aromatic rings. The van der Waals surface area contributed by atoms with Crippen LogP contribution in [0.15, 0.2) is 42.9 Å². The predicted molar refractivity (Wildman–Crippen MR) is 77.2 cm³/mol. The summed E-state index contributed by atoms with van der Waals surface area (Å²) < 4.78 is 5.39. The van der Waals surface area contributed by atoms with Crippen LogP contribution < -0.4 is 4.74 Å². The molecule has 20 heavy (non-hydrogen) atoms. The fraction of sp³-hybridized carbons (Fsp3) is 0.0667. The SMILES string of the molecule is Cc1c(Cl)cncc1OC(=O)c1cccc2[nH]ccc12. The number of ether oxygens (including phenoxy) is 1. The highest BCUT2D eigenvalue weighted by molar-refractivity contribution is 6.31. The van der Waals surface area contributed by atoms with Gasteiger partial charge in [0.2, 0.25) is 0 Å². The average Bonchev–Trinajstić information content (AvgIpc) is 2.92. The first-order valence-electron chi connectivity index (χ1n) is 6.05. The highest BCUT2D eigenvalue weighted by atomic mass is 35.5. The van der Waals surface area contributed by atoms with Gasteiger partial charge < -0.3 is 9.72 Å². The zero-order valence-corrected chi connectivity index (χ0v) is 11.4. The van der Waals surface area contributed by atoms with Crippen LogP contribution in [-0.4, -0.2) is 15.9 Å². The summed E-state index contributed by atoms with van der Waals surface area (Å²) in [7, 11) is 0. The molecule has 0 saturated heterocycles. The van der Waals surface area contributed by atoms with Crippen LogP contribution in [0.4, 0.5) is 0 Å². The first-order valence-corrected chi connectivity index (χ1v) is 6.43. The van der Waals surface area contributed by atoms with Crippen molar-refractivity contribution in [2.75, 3.05) is 0 Å². The van der Waals surface area contributed by atoms with Crippen molar-refractivity contribution < 1.29 is 9.53 Å². The third kappa shape index (κ3) is 2.14. The van der Waals surface area contributed by atoms with Crippen LogP contribution in [-0.2, 0) is 0 Å². The molecule has 5 heteroatoms. The smallest absolute Gasteiger partial charge is 0.344 e. The number of hydrogen-bond acceptors (Lipinski definition) is 3. The molecular weight excluding hydrogens is 276 g/mol. The lowest BCUT2D eigenvalue weighted by atomic mass is 10.1. The van der Waals surface area contributed by atoms with Crippen molar-refractivity contribution in [3.05, 3.63) is 59.0 Å². The monoisotopic (exact) mass is 286 g/mol. The first kappa shape index (κ1) is 12.7. The quantitative estimate of drug-likeness (QED) is 0.730. The van der Waals surface area contributed by atoms with E-state index in [1.165, 1.54) is 12.4 Å². The minimum Gasteiger partial charge on any atom is -0.421 e. The second-order valence-electron chi connectivity index (χ2n) is 4.38. The van der Waals surface area contributed by atoms with Crippen LogP contribution in [0.25, 0.3) is 10.9 Å². The van der Waals surface area contributed by atoms with Gasteiger partial charge >= 0.3 is 5.97 Å². The number of fused-ring (bicyclic) bond motifs is 1. The zero-order chi connectivity index (χ0) is 14.1. The molecule has 2 heterocycles. The third-order valence-corrected chi connectivity index (χ3v) is 3.51. The molecule has 0 bridgehead atoms. The molecule has 0 amide bonds. The largest absolute Gasteiger partial charge is 0.421 e. The standard InChI is InChI=1S/C15H11ClN2O2/c1-9-12(16)7-17-8-14(9)20-15(19)11-3-2-4-13-10(11)5-6-18-13/h2-8,18H,1H3. The summed E-state index contributed by atoms with van der Waals surface area (Å²) in [5.41, 5.74) is 2.08. The number of halogens is 1. The Balaban J connectivity index is 1.97. The third-order valence-electron chi connectivity index (χ3n) is 3.13. The Labute approximate surface area is 120 Å². The van der Waals surface area contributed by atoms with Gasteiger partial charge in [0, 0.05) is 28.9 Å². The van der Waals surface area contributed by atoms with E-state index in [1.54, 1.807) is 25.3 Å². The zero-order valence-electron chi connectivity index (χ0n) is 10.7. The van der Waals surface area contributed by atoms with E-state index in [-0.39, 0.29) is 0 Å². The summed E-state index contributed by atoms with van der Waals surface area (Å²) in [6.45, 7) is 1.78. The number of aromatic amines is 1. The van der Waals surface area contributed by atoms with E-state index >= 15 is 0 Å². The molecular formula is C15H11ClN2O2. The Hall–Kier alpha value is -2.33. The molecule has 0 aliphatic rings. The van der Waals surface area contributed by atoms with Gasteiger partial charge in [-0.15, -0.1) is 0 Å². The van der Waals surface area contributed by atoms with Gasteiger partial charge in [-0.25, -0.2) is 4.79 Å². The Kier molecular flexibility index (Phi) is 3.16. The fourth-order valence-corrected chi connectivity index (χ4v) is 2.15. The Morgan fingerprint density at radius 1 is 1.30 bits per heavy atom. The van der Waals surface area contributed by atoms with Crippen molar-refractivity contribution in [3.8, 4) is 5.75 Å². The van der Waals surface area contributed by atoms with Gasteiger partial charge in [-0.2, -0.15) is 0 Å². The number of carbonyl (C=O) groups is 1. The first-order chi connectivity index (χ1) is 9.66. The summed E-state index contributed by atoms with van der Waals surface area (Å²) in [5, 5.41) is 1.29. The summed E-state index contributed by atoms with van der Waals surface area (Å²) in [6, 6.07) is 7.28. The molecule has 100 valence electrons. The maximum atomic E-state index is 12.3. The lowest BCUT2D eigenvalue weighted by molar-refractivity contribution is 0.0735. The van der Waals surface area contributed by atoms with Crippen molar-refractivity contribution in [1.29, 1.82) is 0 Å². The van der Waals surface area contributed by atoms with E-state index in [0.29, 0.717) is 21.9 Å². The number of H-pyrrole nitrogens is 1. The van der Waals surface area contributed by atoms with E-state index in [0.717, 1.165) is 10.9 Å². The number of esters is 1. The maximum absolute atomic E-state index is 12.3. The molecule has 0 aliphatic carbocycles. The number of benzene rings is 1. The summed E-state index contributed by atoms with van der Waals surface area (Å²) in [5.74, 6) is -0.0580. The Bertz CT molecular complexity index is 795. The Morgan fingerprint density at radius 3 is 3.00 bits per heavy atom. The van der Waals surface area contributed by atoms with Crippen molar-refractivity contribution in [2.45, 2.75) is 6.92 Å². The van der Waals surface area contributed by atoms with Crippen LogP contribution in [0, 0.1) is 6.92 Å². The second-order valence-corrected chi connectivity index (χ2v) is 4.79. The van der Waals surface area contributed by atoms with E-state index in [4.69, 9.17) is 16.3 Å². The van der Waals surface area contributed by atoms with Crippen LogP contribution in [0.5, 0.6) is 5.75 Å². The number of hydrogen-bond donors (Lipinski definition) is 1. The molecule has 3 rings (SSSR count). The van der Waals surface area contributed by atoms with Gasteiger partial charge in [0.05, 0.1) is 16.8 Å². The minimum absolute atomic E-state index is 0.370. The number of nitrogens with zero attached hydrogens (tertiary/aromatic N) is 1. The highest BCUT2D eigenvalue weighted by Gasteiger charge is 2.15. The van der Waals surface area contributed by atoms with Gasteiger partial charge in [0.15, 0.2) is 5.75 Å². The number of carbonyl (C=O) groups excluding carboxylic acids is 1. The molecule has 0 saturated carbocycles. The van der Waals surface area contributed by atoms with E-state index in [1.807, 2.05) is 12.1 Å². The van der Waals surface area contributed by atoms with E-state index in [2.05, 4.69) is 9.97 Å². The summed E-state index contributed by atoms with van der Waals surface area (Å²) in [4.78, 5) is 19.3. The molecule has 0 aliphatic heterocycles. The lowest BCUT2D eigenvalue weighted by Gasteiger charge is -2.08. The molecule has 0 atom stereocenters.